The topological polar surface area (TPSA) is 66.5 Å². The molecule has 0 unspecified atom stereocenters. The van der Waals surface area contributed by atoms with Crippen molar-refractivity contribution in [3.05, 3.63) is 72.3 Å². The molecule has 156 valence electrons. The number of Topliss-reactive ketones (excluding diaryl/α,β-unsaturated/α-hetero) is 1. The molecule has 0 amide bonds. The molecule has 0 spiro atoms. The average Bonchev–Trinajstić information content (AvgIpc) is 2.77. The van der Waals surface area contributed by atoms with Gasteiger partial charge in [0.2, 0.25) is 10.0 Å². The second-order valence-electron chi connectivity index (χ2n) is 7.95. The molecule has 30 heavy (non-hydrogen) atoms. The monoisotopic (exact) mass is 422 g/mol. The molecule has 0 atom stereocenters. The standard InChI is InChI=1S/C24H26N2O3S/c1-18-12-14-26(15-13-18)30(28,29)23-10-7-20(8-11-23)24(27)17-25-22-9-6-19-4-2-3-5-21(19)16-22/h2-11,16,18,25H,12-15,17H2,1H3. The van der Waals surface area contributed by atoms with Crippen molar-refractivity contribution in [1.29, 1.82) is 0 Å². The Labute approximate surface area is 177 Å². The lowest BCUT2D eigenvalue weighted by Gasteiger charge is -2.29. The van der Waals surface area contributed by atoms with Crippen molar-refractivity contribution < 1.29 is 13.2 Å². The minimum atomic E-state index is -3.50. The van der Waals surface area contributed by atoms with Gasteiger partial charge < -0.3 is 5.32 Å². The normalized spacial score (nSPS) is 15.9. The van der Waals surface area contributed by atoms with Gasteiger partial charge in [-0.15, -0.1) is 0 Å². The van der Waals surface area contributed by atoms with E-state index in [2.05, 4.69) is 12.2 Å². The maximum atomic E-state index is 12.8. The van der Waals surface area contributed by atoms with Crippen LogP contribution in [-0.4, -0.2) is 38.1 Å². The van der Waals surface area contributed by atoms with Gasteiger partial charge in [-0.25, -0.2) is 8.42 Å². The second kappa shape index (κ2) is 8.58. The van der Waals surface area contributed by atoms with Crippen molar-refractivity contribution in [3.63, 3.8) is 0 Å². The van der Waals surface area contributed by atoms with Crippen LogP contribution >= 0.6 is 0 Å². The Kier molecular flexibility index (Phi) is 5.88. The molecule has 0 bridgehead atoms. The number of piperidine rings is 1. The van der Waals surface area contributed by atoms with Crippen molar-refractivity contribution in [3.8, 4) is 0 Å². The molecule has 1 heterocycles. The SMILES string of the molecule is CC1CCN(S(=O)(=O)c2ccc(C(=O)CNc3ccc4ccccc4c3)cc2)CC1. The summed E-state index contributed by atoms with van der Waals surface area (Å²) in [5, 5.41) is 5.42. The van der Waals surface area contributed by atoms with Crippen LogP contribution in [0.2, 0.25) is 0 Å². The van der Waals surface area contributed by atoms with Crippen LogP contribution in [0.1, 0.15) is 30.1 Å². The third kappa shape index (κ3) is 4.40. The van der Waals surface area contributed by atoms with Crippen molar-refractivity contribution in [2.24, 2.45) is 5.92 Å². The quantitative estimate of drug-likeness (QED) is 0.592. The average molecular weight is 423 g/mol. The van der Waals surface area contributed by atoms with E-state index in [1.807, 2.05) is 42.5 Å². The summed E-state index contributed by atoms with van der Waals surface area (Å²) < 4.78 is 27.2. The Hall–Kier alpha value is -2.70. The summed E-state index contributed by atoms with van der Waals surface area (Å²) in [6.45, 7) is 3.41. The predicted octanol–water partition coefficient (Wildman–Crippen LogP) is 4.56. The number of hydrogen-bond acceptors (Lipinski definition) is 4. The minimum Gasteiger partial charge on any atom is -0.378 e. The number of sulfonamides is 1. The van der Waals surface area contributed by atoms with E-state index in [-0.39, 0.29) is 17.2 Å². The van der Waals surface area contributed by atoms with Gasteiger partial charge in [-0.3, -0.25) is 4.79 Å². The lowest BCUT2D eigenvalue weighted by atomic mass is 10.0. The Morgan fingerprint density at radius 2 is 1.63 bits per heavy atom. The van der Waals surface area contributed by atoms with Crippen LogP contribution < -0.4 is 5.32 Å². The molecule has 1 N–H and O–H groups in total. The molecule has 1 saturated heterocycles. The molecule has 4 rings (SSSR count). The lowest BCUT2D eigenvalue weighted by molar-refractivity contribution is 0.101. The summed E-state index contributed by atoms with van der Waals surface area (Å²) >= 11 is 0. The fraction of sp³-hybridized carbons (Fsp3) is 0.292. The van der Waals surface area contributed by atoms with Gasteiger partial charge in [0.15, 0.2) is 5.78 Å². The number of fused-ring (bicyclic) bond motifs is 1. The molecule has 1 aliphatic rings. The minimum absolute atomic E-state index is 0.0843. The Morgan fingerprint density at radius 1 is 0.967 bits per heavy atom. The fourth-order valence-corrected chi connectivity index (χ4v) is 5.24. The number of rotatable bonds is 6. The van der Waals surface area contributed by atoms with Crippen molar-refractivity contribution in [2.45, 2.75) is 24.7 Å². The number of nitrogens with one attached hydrogen (secondary N) is 1. The first-order chi connectivity index (χ1) is 14.4. The van der Waals surface area contributed by atoms with Gasteiger partial charge in [0.25, 0.3) is 0 Å². The molecule has 1 fully saturated rings. The molecular weight excluding hydrogens is 396 g/mol. The molecule has 0 saturated carbocycles. The van der Waals surface area contributed by atoms with Crippen LogP contribution in [0.3, 0.4) is 0 Å². The molecule has 0 aromatic heterocycles. The number of hydrogen-bond donors (Lipinski definition) is 1. The number of anilines is 1. The highest BCUT2D eigenvalue weighted by Crippen LogP contribution is 2.24. The Balaban J connectivity index is 1.41. The first-order valence-corrected chi connectivity index (χ1v) is 11.7. The van der Waals surface area contributed by atoms with Crippen LogP contribution in [0.15, 0.2) is 71.6 Å². The van der Waals surface area contributed by atoms with Crippen LogP contribution in [0, 0.1) is 5.92 Å². The Morgan fingerprint density at radius 3 is 2.33 bits per heavy atom. The van der Waals surface area contributed by atoms with Crippen LogP contribution in [0.4, 0.5) is 5.69 Å². The van der Waals surface area contributed by atoms with Crippen molar-refractivity contribution in [1.82, 2.24) is 4.31 Å². The zero-order chi connectivity index (χ0) is 21.1. The smallest absolute Gasteiger partial charge is 0.243 e. The van der Waals surface area contributed by atoms with E-state index in [9.17, 15) is 13.2 Å². The Bertz CT molecular complexity index is 1150. The molecule has 5 nitrogen and oxygen atoms in total. The predicted molar refractivity (Wildman–Crippen MR) is 120 cm³/mol. The lowest BCUT2D eigenvalue weighted by Crippen LogP contribution is -2.37. The van der Waals surface area contributed by atoms with Crippen LogP contribution in [0.25, 0.3) is 10.8 Å². The van der Waals surface area contributed by atoms with Gasteiger partial charge in [-0.1, -0.05) is 37.3 Å². The number of carbonyl (C=O) groups is 1. The molecule has 3 aromatic carbocycles. The van der Waals surface area contributed by atoms with E-state index < -0.39 is 10.0 Å². The number of nitrogens with zero attached hydrogens (tertiary/aromatic N) is 1. The molecular formula is C24H26N2O3S. The molecule has 1 aliphatic heterocycles. The number of ketones is 1. The summed E-state index contributed by atoms with van der Waals surface area (Å²) in [6, 6.07) is 20.3. The highest BCUT2D eigenvalue weighted by molar-refractivity contribution is 7.89. The van der Waals surface area contributed by atoms with Crippen molar-refractivity contribution >= 4 is 32.3 Å². The van der Waals surface area contributed by atoms with Crippen LogP contribution in [0.5, 0.6) is 0 Å². The van der Waals surface area contributed by atoms with E-state index in [1.54, 1.807) is 16.4 Å². The van der Waals surface area contributed by atoms with Crippen molar-refractivity contribution in [2.75, 3.05) is 25.0 Å². The summed E-state index contributed by atoms with van der Waals surface area (Å²) in [5.74, 6) is 0.477. The van der Waals surface area contributed by atoms with Crippen LogP contribution in [-0.2, 0) is 10.0 Å². The molecule has 3 aromatic rings. The van der Waals surface area contributed by atoms with Gasteiger partial charge in [-0.2, -0.15) is 4.31 Å². The summed E-state index contributed by atoms with van der Waals surface area (Å²) in [7, 11) is -3.50. The molecule has 0 aliphatic carbocycles. The maximum absolute atomic E-state index is 12.8. The van der Waals surface area contributed by atoms with Gasteiger partial charge in [0.05, 0.1) is 11.4 Å². The zero-order valence-electron chi connectivity index (χ0n) is 17.0. The van der Waals surface area contributed by atoms with E-state index in [1.165, 1.54) is 12.1 Å². The maximum Gasteiger partial charge on any atom is 0.243 e. The summed E-state index contributed by atoms with van der Waals surface area (Å²) in [4.78, 5) is 12.8. The second-order valence-corrected chi connectivity index (χ2v) is 9.89. The number of benzene rings is 3. The molecule has 6 heteroatoms. The first-order valence-electron chi connectivity index (χ1n) is 10.3. The van der Waals surface area contributed by atoms with E-state index in [0.29, 0.717) is 24.6 Å². The fourth-order valence-electron chi connectivity index (χ4n) is 3.77. The van der Waals surface area contributed by atoms with Gasteiger partial charge in [0.1, 0.15) is 0 Å². The van der Waals surface area contributed by atoms with E-state index in [4.69, 9.17) is 0 Å². The number of carbonyl (C=O) groups excluding carboxylic acids is 1. The van der Waals surface area contributed by atoms with Gasteiger partial charge in [-0.05, 0) is 65.9 Å². The third-order valence-electron chi connectivity index (χ3n) is 5.76. The third-order valence-corrected chi connectivity index (χ3v) is 7.67. The molecule has 0 radical (unpaired) electrons. The first kappa shape index (κ1) is 20.6. The van der Waals surface area contributed by atoms with E-state index >= 15 is 0 Å². The highest BCUT2D eigenvalue weighted by atomic mass is 32.2. The largest absolute Gasteiger partial charge is 0.378 e. The van der Waals surface area contributed by atoms with Gasteiger partial charge in [0, 0.05) is 24.3 Å². The van der Waals surface area contributed by atoms with Gasteiger partial charge >= 0.3 is 0 Å². The van der Waals surface area contributed by atoms with E-state index in [0.717, 1.165) is 29.3 Å². The summed E-state index contributed by atoms with van der Waals surface area (Å²) in [6.07, 6.45) is 1.77. The highest BCUT2D eigenvalue weighted by Gasteiger charge is 2.28. The zero-order valence-corrected chi connectivity index (χ0v) is 17.9. The summed E-state index contributed by atoms with van der Waals surface area (Å²) in [5.41, 5.74) is 1.37.